The molecule has 0 radical (unpaired) electrons. The molecule has 4 aromatic rings. The quantitative estimate of drug-likeness (QED) is 0.399. The Morgan fingerprint density at radius 2 is 1.82 bits per heavy atom. The summed E-state index contributed by atoms with van der Waals surface area (Å²) in [5.74, 6) is -2.07. The molecular weight excluding hydrogens is 467 g/mol. The fourth-order valence-electron chi connectivity index (χ4n) is 3.22. The smallest absolute Gasteiger partial charge is 0.350 e. The number of amides is 1. The Morgan fingerprint density at radius 1 is 1.09 bits per heavy atom. The normalized spacial score (nSPS) is 12.6. The summed E-state index contributed by atoms with van der Waals surface area (Å²) in [6.07, 6.45) is -4.74. The van der Waals surface area contributed by atoms with Gasteiger partial charge < -0.3 is 9.84 Å². The lowest BCUT2D eigenvalue weighted by Gasteiger charge is -2.22. The molecule has 7 nitrogen and oxygen atoms in total. The third kappa shape index (κ3) is 5.32. The fourth-order valence-corrected chi connectivity index (χ4v) is 4.24. The van der Waals surface area contributed by atoms with Crippen molar-refractivity contribution in [3.8, 4) is 22.6 Å². The first-order chi connectivity index (χ1) is 16.2. The van der Waals surface area contributed by atoms with Gasteiger partial charge in [0.25, 0.3) is 5.91 Å². The summed E-state index contributed by atoms with van der Waals surface area (Å²) in [6, 6.07) is 15.7. The molecule has 0 spiro atoms. The van der Waals surface area contributed by atoms with Crippen LogP contribution in [-0.2, 0) is 6.18 Å². The topological polar surface area (TPSA) is 84.2 Å². The molecular formula is C23H20F3N5O2S. The van der Waals surface area contributed by atoms with Crippen LogP contribution in [0, 0.1) is 0 Å². The van der Waals surface area contributed by atoms with Gasteiger partial charge in [0.1, 0.15) is 5.01 Å². The van der Waals surface area contributed by atoms with Gasteiger partial charge in [0.15, 0.2) is 0 Å². The highest BCUT2D eigenvalue weighted by Crippen LogP contribution is 2.30. The number of aromatic nitrogens is 3. The molecule has 0 aliphatic heterocycles. The first kappa shape index (κ1) is 23.6. The Hall–Kier alpha value is -3.57. The second-order valence-corrected chi connectivity index (χ2v) is 8.52. The lowest BCUT2D eigenvalue weighted by Crippen LogP contribution is -2.34. The molecule has 2 heterocycles. The fraction of sp³-hybridized carbons (Fsp3) is 0.217. The van der Waals surface area contributed by atoms with E-state index in [4.69, 9.17) is 4.98 Å². The van der Waals surface area contributed by atoms with E-state index in [0.29, 0.717) is 0 Å². The number of hydrogen-bond acceptors (Lipinski definition) is 7. The SMILES string of the molecule is CN(C)C(CNC(=O)c1cccc(-c2noc(C(F)(F)F)n2)c1)c1nc(-c2ccccc2)cs1. The number of likely N-dealkylation sites (N-methyl/N-ethyl adjacent to an activating group) is 1. The van der Waals surface area contributed by atoms with E-state index in [2.05, 4.69) is 20.0 Å². The van der Waals surface area contributed by atoms with Crippen LogP contribution in [0.15, 0.2) is 64.5 Å². The Balaban J connectivity index is 1.46. The van der Waals surface area contributed by atoms with Crippen molar-refractivity contribution in [3.05, 3.63) is 76.4 Å². The monoisotopic (exact) mass is 487 g/mol. The van der Waals surface area contributed by atoms with Crippen molar-refractivity contribution in [2.24, 2.45) is 0 Å². The molecule has 0 bridgehead atoms. The zero-order valence-corrected chi connectivity index (χ0v) is 19.0. The first-order valence-corrected chi connectivity index (χ1v) is 11.1. The Morgan fingerprint density at radius 3 is 2.50 bits per heavy atom. The number of nitrogens with one attached hydrogen (secondary N) is 1. The number of thiazole rings is 1. The maximum atomic E-state index is 12.8. The summed E-state index contributed by atoms with van der Waals surface area (Å²) in [5, 5.41) is 9.07. The Kier molecular flexibility index (Phi) is 6.75. The third-order valence-electron chi connectivity index (χ3n) is 5.01. The molecule has 34 heavy (non-hydrogen) atoms. The van der Waals surface area contributed by atoms with Gasteiger partial charge in [0.2, 0.25) is 5.82 Å². The van der Waals surface area contributed by atoms with Gasteiger partial charge in [-0.05, 0) is 26.2 Å². The predicted molar refractivity (Wildman–Crippen MR) is 121 cm³/mol. The largest absolute Gasteiger partial charge is 0.471 e. The average molecular weight is 488 g/mol. The summed E-state index contributed by atoms with van der Waals surface area (Å²) >= 11 is 1.51. The van der Waals surface area contributed by atoms with Gasteiger partial charge >= 0.3 is 12.1 Å². The molecule has 1 unspecified atom stereocenters. The van der Waals surface area contributed by atoms with Gasteiger partial charge in [-0.25, -0.2) is 4.98 Å². The second kappa shape index (κ2) is 9.74. The highest BCUT2D eigenvalue weighted by atomic mass is 32.1. The van der Waals surface area contributed by atoms with Crippen LogP contribution in [0.3, 0.4) is 0 Å². The van der Waals surface area contributed by atoms with E-state index in [-0.39, 0.29) is 35.4 Å². The number of rotatable bonds is 7. The maximum Gasteiger partial charge on any atom is 0.471 e. The molecule has 1 amide bonds. The summed E-state index contributed by atoms with van der Waals surface area (Å²) < 4.78 is 42.5. The molecule has 1 N–H and O–H groups in total. The summed E-state index contributed by atoms with van der Waals surface area (Å²) in [5.41, 5.74) is 2.38. The summed E-state index contributed by atoms with van der Waals surface area (Å²) in [4.78, 5) is 22.9. The van der Waals surface area contributed by atoms with E-state index in [1.54, 1.807) is 12.1 Å². The van der Waals surface area contributed by atoms with Crippen molar-refractivity contribution >= 4 is 17.2 Å². The molecule has 1 atom stereocenters. The summed E-state index contributed by atoms with van der Waals surface area (Å²) in [6.45, 7) is 0.290. The van der Waals surface area contributed by atoms with Gasteiger partial charge in [0, 0.05) is 28.6 Å². The van der Waals surface area contributed by atoms with E-state index in [1.807, 2.05) is 54.7 Å². The number of nitrogens with zero attached hydrogens (tertiary/aromatic N) is 4. The Bertz CT molecular complexity index is 1270. The minimum atomic E-state index is -4.74. The predicted octanol–water partition coefficient (Wildman–Crippen LogP) is 4.91. The van der Waals surface area contributed by atoms with Crippen molar-refractivity contribution in [2.45, 2.75) is 12.2 Å². The molecule has 11 heteroatoms. The van der Waals surface area contributed by atoms with Crippen LogP contribution in [0.4, 0.5) is 13.2 Å². The van der Waals surface area contributed by atoms with Crippen LogP contribution in [-0.4, -0.2) is 46.6 Å². The summed E-state index contributed by atoms with van der Waals surface area (Å²) in [7, 11) is 3.80. The number of carbonyl (C=O) groups is 1. The first-order valence-electron chi connectivity index (χ1n) is 10.2. The van der Waals surface area contributed by atoms with Gasteiger partial charge in [0.05, 0.1) is 11.7 Å². The zero-order valence-electron chi connectivity index (χ0n) is 18.2. The molecule has 0 saturated heterocycles. The van der Waals surface area contributed by atoms with Crippen LogP contribution in [0.5, 0.6) is 0 Å². The van der Waals surface area contributed by atoms with E-state index in [9.17, 15) is 18.0 Å². The van der Waals surface area contributed by atoms with Crippen LogP contribution in [0.2, 0.25) is 0 Å². The lowest BCUT2D eigenvalue weighted by atomic mass is 10.1. The van der Waals surface area contributed by atoms with E-state index < -0.39 is 12.1 Å². The van der Waals surface area contributed by atoms with Crippen LogP contribution in [0.25, 0.3) is 22.6 Å². The standard InChI is InChI=1S/C23H20F3N5O2S/c1-31(2)18(21-28-17(13-34-21)14-7-4-3-5-8-14)12-27-20(32)16-10-6-9-15(11-16)19-29-22(33-30-19)23(24,25)26/h3-11,13,18H,12H2,1-2H3,(H,27,32). The lowest BCUT2D eigenvalue weighted by molar-refractivity contribution is -0.159. The van der Waals surface area contributed by atoms with Crippen molar-refractivity contribution in [1.82, 2.24) is 25.3 Å². The van der Waals surface area contributed by atoms with Crippen LogP contribution < -0.4 is 5.32 Å². The number of hydrogen-bond donors (Lipinski definition) is 1. The van der Waals surface area contributed by atoms with Gasteiger partial charge in [-0.3, -0.25) is 9.69 Å². The van der Waals surface area contributed by atoms with E-state index in [0.717, 1.165) is 16.3 Å². The molecule has 0 aliphatic rings. The zero-order chi connectivity index (χ0) is 24.3. The third-order valence-corrected chi connectivity index (χ3v) is 5.95. The molecule has 0 saturated carbocycles. The maximum absolute atomic E-state index is 12.8. The van der Waals surface area contributed by atoms with E-state index in [1.165, 1.54) is 23.5 Å². The molecule has 2 aromatic heterocycles. The van der Waals surface area contributed by atoms with Gasteiger partial charge in [-0.2, -0.15) is 18.2 Å². The Labute approximate surface area is 197 Å². The molecule has 4 rings (SSSR count). The minimum absolute atomic E-state index is 0.166. The van der Waals surface area contributed by atoms with Gasteiger partial charge in [-0.15, -0.1) is 11.3 Å². The van der Waals surface area contributed by atoms with E-state index >= 15 is 0 Å². The highest BCUT2D eigenvalue weighted by molar-refractivity contribution is 7.10. The molecule has 0 aliphatic carbocycles. The van der Waals surface area contributed by atoms with Crippen molar-refractivity contribution in [2.75, 3.05) is 20.6 Å². The minimum Gasteiger partial charge on any atom is -0.350 e. The molecule has 0 fully saturated rings. The number of halogens is 3. The highest BCUT2D eigenvalue weighted by Gasteiger charge is 2.38. The average Bonchev–Trinajstić information content (AvgIpc) is 3.50. The van der Waals surface area contributed by atoms with Crippen molar-refractivity contribution in [3.63, 3.8) is 0 Å². The van der Waals surface area contributed by atoms with Crippen LogP contribution in [0.1, 0.15) is 27.3 Å². The molecule has 2 aromatic carbocycles. The number of alkyl halides is 3. The van der Waals surface area contributed by atoms with Crippen molar-refractivity contribution < 1.29 is 22.5 Å². The van der Waals surface area contributed by atoms with Crippen molar-refractivity contribution in [1.29, 1.82) is 0 Å². The second-order valence-electron chi connectivity index (χ2n) is 7.63. The number of carbonyl (C=O) groups excluding carboxylic acids is 1. The van der Waals surface area contributed by atoms with Gasteiger partial charge in [-0.1, -0.05) is 47.6 Å². The van der Waals surface area contributed by atoms with Crippen LogP contribution >= 0.6 is 11.3 Å². The number of benzene rings is 2. The molecule has 176 valence electrons.